The van der Waals surface area contributed by atoms with Gasteiger partial charge in [0.1, 0.15) is 6.54 Å². The van der Waals surface area contributed by atoms with Gasteiger partial charge in [-0.25, -0.2) is 0 Å². The summed E-state index contributed by atoms with van der Waals surface area (Å²) in [5.41, 5.74) is 3.00. The predicted molar refractivity (Wildman–Crippen MR) is 85.8 cm³/mol. The second-order valence-electron chi connectivity index (χ2n) is 6.83. The molecular weight excluding hydrogens is 314 g/mol. The van der Waals surface area contributed by atoms with E-state index in [1.54, 1.807) is 19.1 Å². The maximum Gasteiger partial charge on any atom is 0.161 e. The summed E-state index contributed by atoms with van der Waals surface area (Å²) >= 11 is 0. The molecule has 0 bridgehead atoms. The van der Waals surface area contributed by atoms with E-state index in [4.69, 9.17) is 9.47 Å². The highest BCUT2D eigenvalue weighted by molar-refractivity contribution is 5.50. The summed E-state index contributed by atoms with van der Waals surface area (Å²) in [5.74, 6) is 1.65. The van der Waals surface area contributed by atoms with E-state index in [2.05, 4.69) is 19.1 Å². The molecule has 4 nitrogen and oxygen atoms in total. The molecule has 0 radical (unpaired) electrons. The van der Waals surface area contributed by atoms with E-state index in [-0.39, 0.29) is 23.9 Å². The molecule has 1 aromatic rings. The van der Waals surface area contributed by atoms with Gasteiger partial charge >= 0.3 is 0 Å². The molecule has 0 saturated heterocycles. The minimum absolute atomic E-state index is 0. The fraction of sp³-hybridized carbons (Fsp3) is 0.667. The smallest absolute Gasteiger partial charge is 0.161 e. The van der Waals surface area contributed by atoms with Crippen LogP contribution >= 0.6 is 0 Å². The Hall–Kier alpha value is -0.970. The SMILES string of the molecule is CC[NH+]1Cc2cc(OC)c(OC)cc2C2(CCC(O)CC2)C1.[Cl-]. The number of hydrogen-bond donors (Lipinski definition) is 2. The lowest BCUT2D eigenvalue weighted by Gasteiger charge is -2.45. The first-order valence-corrected chi connectivity index (χ1v) is 8.39. The lowest BCUT2D eigenvalue weighted by atomic mass is 9.65. The topological polar surface area (TPSA) is 43.1 Å². The van der Waals surface area contributed by atoms with Crippen molar-refractivity contribution in [2.24, 2.45) is 0 Å². The van der Waals surface area contributed by atoms with Crippen molar-refractivity contribution >= 4 is 0 Å². The molecule has 1 unspecified atom stereocenters. The molecule has 1 aliphatic carbocycles. The molecule has 1 aromatic carbocycles. The number of likely N-dealkylation sites (N-methyl/N-ethyl adjacent to an activating group) is 1. The number of aliphatic hydroxyl groups is 1. The van der Waals surface area contributed by atoms with E-state index < -0.39 is 0 Å². The number of quaternary nitrogens is 1. The zero-order chi connectivity index (χ0) is 15.7. The number of fused-ring (bicyclic) bond motifs is 2. The molecule has 23 heavy (non-hydrogen) atoms. The van der Waals surface area contributed by atoms with Crippen LogP contribution in [0.1, 0.15) is 43.7 Å². The second-order valence-corrected chi connectivity index (χ2v) is 6.83. The summed E-state index contributed by atoms with van der Waals surface area (Å²) in [6, 6.07) is 4.36. The monoisotopic (exact) mass is 341 g/mol. The van der Waals surface area contributed by atoms with Crippen LogP contribution in [-0.2, 0) is 12.0 Å². The molecular formula is C18H28ClNO3. The standard InChI is InChI=1S/C18H27NO3.ClH/c1-4-19-11-13-9-16(21-2)17(22-3)10-15(13)18(12-19)7-5-14(20)6-8-18;/h9-10,14,20H,4-8,11-12H2,1-3H3;1H. The molecule has 1 atom stereocenters. The van der Waals surface area contributed by atoms with Crippen molar-refractivity contribution in [3.8, 4) is 11.5 Å². The number of hydrogen-bond acceptors (Lipinski definition) is 3. The Labute approximate surface area is 145 Å². The molecule has 130 valence electrons. The quantitative estimate of drug-likeness (QED) is 0.689. The normalized spacial score (nSPS) is 29.6. The second kappa shape index (κ2) is 7.29. The first kappa shape index (κ1) is 18.4. The maximum atomic E-state index is 9.93. The van der Waals surface area contributed by atoms with Crippen LogP contribution in [0.5, 0.6) is 11.5 Å². The number of methoxy groups -OCH3 is 2. The molecule has 1 spiro atoms. The lowest BCUT2D eigenvalue weighted by Crippen LogP contribution is -3.13. The van der Waals surface area contributed by atoms with Gasteiger partial charge in [-0.15, -0.1) is 0 Å². The van der Waals surface area contributed by atoms with Gasteiger partial charge in [0.05, 0.1) is 33.4 Å². The van der Waals surface area contributed by atoms with E-state index in [0.717, 1.165) is 50.3 Å². The molecule has 2 aliphatic rings. The average Bonchev–Trinajstić information content (AvgIpc) is 2.56. The lowest BCUT2D eigenvalue weighted by molar-refractivity contribution is -0.919. The number of aliphatic hydroxyl groups excluding tert-OH is 1. The van der Waals surface area contributed by atoms with E-state index >= 15 is 0 Å². The van der Waals surface area contributed by atoms with Crippen LogP contribution in [0.4, 0.5) is 0 Å². The van der Waals surface area contributed by atoms with Crippen molar-refractivity contribution in [2.45, 2.75) is 50.7 Å². The molecule has 1 heterocycles. The summed E-state index contributed by atoms with van der Waals surface area (Å²) in [4.78, 5) is 1.62. The highest BCUT2D eigenvalue weighted by Gasteiger charge is 2.44. The minimum atomic E-state index is -0.124. The van der Waals surface area contributed by atoms with Gasteiger partial charge in [0, 0.05) is 11.0 Å². The van der Waals surface area contributed by atoms with Crippen LogP contribution in [-0.4, -0.2) is 38.5 Å². The van der Waals surface area contributed by atoms with Gasteiger partial charge in [-0.05, 0) is 50.3 Å². The summed E-state index contributed by atoms with van der Waals surface area (Å²) < 4.78 is 11.0. The van der Waals surface area contributed by atoms with Crippen LogP contribution in [0, 0.1) is 0 Å². The maximum absolute atomic E-state index is 9.93. The van der Waals surface area contributed by atoms with Gasteiger partial charge in [0.2, 0.25) is 0 Å². The largest absolute Gasteiger partial charge is 1.00 e. The van der Waals surface area contributed by atoms with Gasteiger partial charge in [-0.2, -0.15) is 0 Å². The molecule has 1 aliphatic heterocycles. The summed E-state index contributed by atoms with van der Waals surface area (Å²) in [6.07, 6.45) is 3.83. The Morgan fingerprint density at radius 3 is 2.35 bits per heavy atom. The molecule has 3 rings (SSSR count). The number of ether oxygens (including phenoxy) is 2. The third kappa shape index (κ3) is 3.30. The highest BCUT2D eigenvalue weighted by Crippen LogP contribution is 2.44. The Bertz CT molecular complexity index is 541. The number of benzene rings is 1. The van der Waals surface area contributed by atoms with Gasteiger partial charge in [0.15, 0.2) is 11.5 Å². The van der Waals surface area contributed by atoms with E-state index in [1.807, 2.05) is 0 Å². The fourth-order valence-electron chi connectivity index (χ4n) is 4.32. The third-order valence-electron chi connectivity index (χ3n) is 5.62. The van der Waals surface area contributed by atoms with Crippen LogP contribution < -0.4 is 26.8 Å². The predicted octanol–water partition coefficient (Wildman–Crippen LogP) is -1.70. The Morgan fingerprint density at radius 1 is 1.17 bits per heavy atom. The van der Waals surface area contributed by atoms with E-state index in [1.165, 1.54) is 17.7 Å². The number of rotatable bonds is 3. The Balaban J connectivity index is 0.00000192. The minimum Gasteiger partial charge on any atom is -1.00 e. The fourth-order valence-corrected chi connectivity index (χ4v) is 4.32. The average molecular weight is 342 g/mol. The molecule has 0 aromatic heterocycles. The Morgan fingerprint density at radius 2 is 1.78 bits per heavy atom. The third-order valence-corrected chi connectivity index (χ3v) is 5.62. The molecule has 0 amide bonds. The van der Waals surface area contributed by atoms with Crippen LogP contribution in [0.2, 0.25) is 0 Å². The van der Waals surface area contributed by atoms with Crippen LogP contribution in [0.15, 0.2) is 12.1 Å². The summed E-state index contributed by atoms with van der Waals surface area (Å²) in [6.45, 7) is 5.61. The van der Waals surface area contributed by atoms with Crippen molar-refractivity contribution in [1.82, 2.24) is 0 Å². The first-order chi connectivity index (χ1) is 10.6. The van der Waals surface area contributed by atoms with E-state index in [0.29, 0.717) is 0 Å². The Kier molecular flexibility index (Phi) is 5.82. The van der Waals surface area contributed by atoms with Crippen molar-refractivity contribution in [3.63, 3.8) is 0 Å². The summed E-state index contributed by atoms with van der Waals surface area (Å²) in [7, 11) is 3.40. The van der Waals surface area contributed by atoms with Gasteiger partial charge < -0.3 is 31.9 Å². The number of halogens is 1. The van der Waals surface area contributed by atoms with Crippen molar-refractivity contribution in [3.05, 3.63) is 23.3 Å². The van der Waals surface area contributed by atoms with Gasteiger partial charge in [-0.3, -0.25) is 0 Å². The van der Waals surface area contributed by atoms with Gasteiger partial charge in [-0.1, -0.05) is 0 Å². The summed E-state index contributed by atoms with van der Waals surface area (Å²) in [5, 5.41) is 9.93. The first-order valence-electron chi connectivity index (χ1n) is 8.39. The molecule has 1 fully saturated rings. The van der Waals surface area contributed by atoms with Crippen molar-refractivity contribution < 1.29 is 31.9 Å². The molecule has 1 saturated carbocycles. The van der Waals surface area contributed by atoms with Crippen molar-refractivity contribution in [2.75, 3.05) is 27.3 Å². The van der Waals surface area contributed by atoms with Crippen molar-refractivity contribution in [1.29, 1.82) is 0 Å². The number of nitrogens with one attached hydrogen (secondary N) is 1. The van der Waals surface area contributed by atoms with Gasteiger partial charge in [0.25, 0.3) is 0 Å². The van der Waals surface area contributed by atoms with Crippen LogP contribution in [0.25, 0.3) is 0 Å². The zero-order valence-corrected chi connectivity index (χ0v) is 15.1. The zero-order valence-electron chi connectivity index (χ0n) is 14.3. The van der Waals surface area contributed by atoms with Crippen LogP contribution in [0.3, 0.4) is 0 Å². The highest BCUT2D eigenvalue weighted by atomic mass is 35.5. The molecule has 5 heteroatoms. The van der Waals surface area contributed by atoms with E-state index in [9.17, 15) is 5.11 Å². The molecule has 2 N–H and O–H groups in total.